The highest BCUT2D eigenvalue weighted by atomic mass is 14.2. The lowest BCUT2D eigenvalue weighted by Crippen LogP contribution is -2.00. The molecule has 2 unspecified atom stereocenters. The Bertz CT molecular complexity index is 345. The molecule has 0 saturated heterocycles. The van der Waals surface area contributed by atoms with Crippen molar-refractivity contribution in [1.29, 1.82) is 0 Å². The minimum absolute atomic E-state index is 0.815. The molecule has 21 heavy (non-hydrogen) atoms. The fourth-order valence-electron chi connectivity index (χ4n) is 3.56. The van der Waals surface area contributed by atoms with Crippen LogP contribution in [0.25, 0.3) is 0 Å². The zero-order valence-corrected chi connectivity index (χ0v) is 15.3. The minimum atomic E-state index is 0.815. The van der Waals surface area contributed by atoms with Gasteiger partial charge in [0.1, 0.15) is 0 Å². The molecule has 0 aliphatic heterocycles. The molecule has 0 saturated carbocycles. The average Bonchev–Trinajstić information content (AvgIpc) is 2.46. The van der Waals surface area contributed by atoms with E-state index in [1.807, 2.05) is 0 Å². The van der Waals surface area contributed by atoms with Crippen LogP contribution in [-0.2, 0) is 0 Å². The molecular weight excluding hydrogens is 252 g/mol. The predicted molar refractivity (Wildman–Crippen MR) is 96.6 cm³/mol. The molecule has 0 aromatic carbocycles. The maximum Gasteiger partial charge on any atom is -0.0228 e. The summed E-state index contributed by atoms with van der Waals surface area (Å²) in [4.78, 5) is 0. The largest absolute Gasteiger partial charge is 0.0825 e. The van der Waals surface area contributed by atoms with Crippen LogP contribution in [-0.4, -0.2) is 0 Å². The standard InChI is InChI=1S/C21H38/c1-6-7-8-9-10-21-14-13-20(5)19(4)12-11-17(2)15-18(3)16-21/h16-17,21H,6-15H2,1-5H3. The quantitative estimate of drug-likeness (QED) is 0.364. The van der Waals surface area contributed by atoms with E-state index in [4.69, 9.17) is 0 Å². The van der Waals surface area contributed by atoms with Gasteiger partial charge in [-0.3, -0.25) is 0 Å². The Balaban J connectivity index is 2.67. The van der Waals surface area contributed by atoms with Crippen LogP contribution in [0.15, 0.2) is 22.8 Å². The second-order valence-corrected chi connectivity index (χ2v) is 7.57. The summed E-state index contributed by atoms with van der Waals surface area (Å²) < 4.78 is 0. The van der Waals surface area contributed by atoms with Gasteiger partial charge in [-0.2, -0.15) is 0 Å². The normalized spacial score (nSPS) is 25.5. The molecule has 0 aromatic rings. The van der Waals surface area contributed by atoms with Crippen molar-refractivity contribution in [2.24, 2.45) is 11.8 Å². The molecule has 0 spiro atoms. The van der Waals surface area contributed by atoms with Crippen LogP contribution in [0.1, 0.15) is 98.8 Å². The van der Waals surface area contributed by atoms with Crippen molar-refractivity contribution in [1.82, 2.24) is 0 Å². The van der Waals surface area contributed by atoms with Crippen LogP contribution < -0.4 is 0 Å². The number of rotatable bonds is 5. The number of unbranched alkanes of at least 4 members (excludes halogenated alkanes) is 3. The topological polar surface area (TPSA) is 0 Å². The lowest BCUT2D eigenvalue weighted by molar-refractivity contribution is 0.493. The third-order valence-electron chi connectivity index (χ3n) is 5.25. The zero-order chi connectivity index (χ0) is 15.7. The van der Waals surface area contributed by atoms with E-state index in [1.165, 1.54) is 64.2 Å². The summed E-state index contributed by atoms with van der Waals surface area (Å²) in [6, 6.07) is 0. The Morgan fingerprint density at radius 3 is 2.29 bits per heavy atom. The summed E-state index contributed by atoms with van der Waals surface area (Å²) >= 11 is 0. The minimum Gasteiger partial charge on any atom is -0.0825 e. The van der Waals surface area contributed by atoms with E-state index in [2.05, 4.69) is 40.7 Å². The van der Waals surface area contributed by atoms with Crippen LogP contribution in [0, 0.1) is 11.8 Å². The predicted octanol–water partition coefficient (Wildman–Crippen LogP) is 7.46. The second-order valence-electron chi connectivity index (χ2n) is 7.57. The summed E-state index contributed by atoms with van der Waals surface area (Å²) in [6.45, 7) is 11.8. The second kappa shape index (κ2) is 10.2. The van der Waals surface area contributed by atoms with Crippen LogP contribution >= 0.6 is 0 Å². The summed E-state index contributed by atoms with van der Waals surface area (Å²) in [7, 11) is 0. The molecule has 0 heteroatoms. The van der Waals surface area contributed by atoms with Gasteiger partial charge in [0.15, 0.2) is 0 Å². The Hall–Kier alpha value is -0.520. The molecule has 0 radical (unpaired) electrons. The molecule has 1 aliphatic rings. The van der Waals surface area contributed by atoms with Gasteiger partial charge in [0.25, 0.3) is 0 Å². The molecule has 0 amide bonds. The fourth-order valence-corrected chi connectivity index (χ4v) is 3.56. The van der Waals surface area contributed by atoms with Crippen LogP contribution in [0.3, 0.4) is 0 Å². The zero-order valence-electron chi connectivity index (χ0n) is 15.3. The van der Waals surface area contributed by atoms with E-state index in [9.17, 15) is 0 Å². The van der Waals surface area contributed by atoms with Gasteiger partial charge in [-0.15, -0.1) is 0 Å². The molecule has 0 bridgehead atoms. The highest BCUT2D eigenvalue weighted by Crippen LogP contribution is 2.28. The SMILES string of the molecule is CCCCCCC1C=C(C)CC(C)CCC(C)=C(C)CC1. The molecule has 2 atom stereocenters. The monoisotopic (exact) mass is 290 g/mol. The van der Waals surface area contributed by atoms with Crippen molar-refractivity contribution in [2.75, 3.05) is 0 Å². The van der Waals surface area contributed by atoms with Crippen molar-refractivity contribution in [2.45, 2.75) is 98.8 Å². The Morgan fingerprint density at radius 2 is 1.62 bits per heavy atom. The molecule has 0 aromatic heterocycles. The lowest BCUT2D eigenvalue weighted by Gasteiger charge is -2.15. The maximum atomic E-state index is 2.62. The molecule has 122 valence electrons. The third kappa shape index (κ3) is 7.88. The first kappa shape index (κ1) is 18.5. The molecule has 0 heterocycles. The molecule has 0 nitrogen and oxygen atoms in total. The van der Waals surface area contributed by atoms with E-state index in [-0.39, 0.29) is 0 Å². The van der Waals surface area contributed by atoms with Gasteiger partial charge < -0.3 is 0 Å². The average molecular weight is 291 g/mol. The van der Waals surface area contributed by atoms with Crippen LogP contribution in [0.4, 0.5) is 0 Å². The van der Waals surface area contributed by atoms with Crippen LogP contribution in [0.2, 0.25) is 0 Å². The van der Waals surface area contributed by atoms with Crippen molar-refractivity contribution < 1.29 is 0 Å². The van der Waals surface area contributed by atoms with Gasteiger partial charge in [-0.1, -0.05) is 62.3 Å². The Labute approximate surface area is 134 Å². The molecule has 0 N–H and O–H groups in total. The molecular formula is C21H38. The van der Waals surface area contributed by atoms with Crippen molar-refractivity contribution in [3.63, 3.8) is 0 Å². The van der Waals surface area contributed by atoms with Gasteiger partial charge in [-0.05, 0) is 71.1 Å². The number of allylic oxidation sites excluding steroid dienone is 4. The van der Waals surface area contributed by atoms with Crippen molar-refractivity contribution in [3.05, 3.63) is 22.8 Å². The third-order valence-corrected chi connectivity index (χ3v) is 5.25. The van der Waals surface area contributed by atoms with E-state index >= 15 is 0 Å². The first-order chi connectivity index (χ1) is 10.0. The lowest BCUT2D eigenvalue weighted by atomic mass is 9.90. The van der Waals surface area contributed by atoms with Gasteiger partial charge in [0, 0.05) is 0 Å². The van der Waals surface area contributed by atoms with Gasteiger partial charge in [0.05, 0.1) is 0 Å². The van der Waals surface area contributed by atoms with Gasteiger partial charge >= 0.3 is 0 Å². The Morgan fingerprint density at radius 1 is 0.952 bits per heavy atom. The smallest absolute Gasteiger partial charge is 0.0228 e. The van der Waals surface area contributed by atoms with Crippen molar-refractivity contribution >= 4 is 0 Å². The van der Waals surface area contributed by atoms with E-state index in [0.717, 1.165) is 11.8 Å². The van der Waals surface area contributed by atoms with E-state index < -0.39 is 0 Å². The summed E-state index contributed by atoms with van der Waals surface area (Å²) in [5.41, 5.74) is 4.96. The molecule has 1 rings (SSSR count). The highest BCUT2D eigenvalue weighted by Gasteiger charge is 2.12. The number of hydrogen-bond acceptors (Lipinski definition) is 0. The molecule has 1 aliphatic carbocycles. The highest BCUT2D eigenvalue weighted by molar-refractivity contribution is 5.12. The summed E-state index contributed by atoms with van der Waals surface area (Å²) in [5.74, 6) is 1.65. The summed E-state index contributed by atoms with van der Waals surface area (Å²) in [6.07, 6.45) is 16.2. The van der Waals surface area contributed by atoms with E-state index in [0.29, 0.717) is 0 Å². The van der Waals surface area contributed by atoms with E-state index in [1.54, 1.807) is 16.7 Å². The number of hydrogen-bond donors (Lipinski definition) is 0. The fraction of sp³-hybridized carbons (Fsp3) is 0.810. The van der Waals surface area contributed by atoms with Crippen LogP contribution in [0.5, 0.6) is 0 Å². The van der Waals surface area contributed by atoms with Gasteiger partial charge in [0.2, 0.25) is 0 Å². The maximum absolute atomic E-state index is 2.62. The Kier molecular flexibility index (Phi) is 9.04. The first-order valence-electron chi connectivity index (χ1n) is 9.35. The first-order valence-corrected chi connectivity index (χ1v) is 9.35. The summed E-state index contributed by atoms with van der Waals surface area (Å²) in [5, 5.41) is 0. The molecule has 0 fully saturated rings. The van der Waals surface area contributed by atoms with Gasteiger partial charge in [-0.25, -0.2) is 0 Å². The van der Waals surface area contributed by atoms with Crippen molar-refractivity contribution in [3.8, 4) is 0 Å².